The lowest BCUT2D eigenvalue weighted by molar-refractivity contribution is -0.156. The van der Waals surface area contributed by atoms with Crippen LogP contribution in [0.25, 0.3) is 10.1 Å². The highest BCUT2D eigenvalue weighted by molar-refractivity contribution is 7.58. The van der Waals surface area contributed by atoms with Crippen molar-refractivity contribution in [2.24, 2.45) is 17.8 Å². The van der Waals surface area contributed by atoms with Gasteiger partial charge in [0.1, 0.15) is 24.4 Å². The Morgan fingerprint density at radius 2 is 1.68 bits per heavy atom. The van der Waals surface area contributed by atoms with Crippen LogP contribution in [0.15, 0.2) is 54.6 Å². The molecule has 0 radical (unpaired) electrons. The number of carboxylic acids is 1. The van der Waals surface area contributed by atoms with Crippen LogP contribution in [0.5, 0.6) is 5.75 Å². The molecule has 56 heavy (non-hydrogen) atoms. The molecule has 18 heteroatoms. The van der Waals surface area contributed by atoms with E-state index >= 15 is 8.78 Å². The normalized spacial score (nSPS) is 26.3. The predicted octanol–water partition coefficient (Wildman–Crippen LogP) is 4.10. The Kier molecular flexibility index (Phi) is 10.4. The zero-order chi connectivity index (χ0) is 39.4. The van der Waals surface area contributed by atoms with Gasteiger partial charge in [0, 0.05) is 42.5 Å². The van der Waals surface area contributed by atoms with Crippen molar-refractivity contribution < 1.29 is 51.7 Å². The minimum Gasteiger partial charge on any atom is -0.480 e. The highest BCUT2D eigenvalue weighted by atomic mass is 32.1. The highest BCUT2D eigenvalue weighted by Crippen LogP contribution is 2.63. The summed E-state index contributed by atoms with van der Waals surface area (Å²) in [5, 5.41) is 14.2. The van der Waals surface area contributed by atoms with Gasteiger partial charge in [-0.05, 0) is 79.7 Å². The van der Waals surface area contributed by atoms with Gasteiger partial charge in [-0.1, -0.05) is 24.3 Å². The predicted molar refractivity (Wildman–Crippen MR) is 199 cm³/mol. The van der Waals surface area contributed by atoms with Crippen LogP contribution in [-0.2, 0) is 34.1 Å². The number of ether oxygens (including phenoxy) is 1. The van der Waals surface area contributed by atoms with Crippen molar-refractivity contribution in [3.8, 4) is 5.75 Å². The van der Waals surface area contributed by atoms with E-state index in [9.17, 15) is 28.5 Å². The minimum atomic E-state index is -5.22. The van der Waals surface area contributed by atoms with Gasteiger partial charge in [-0.15, -0.1) is 11.3 Å². The largest absolute Gasteiger partial charge is 0.480 e. The molecule has 3 N–H and O–H groups in total. The fraction of sp³-hybridized carbons (Fsp3) is 0.500. The van der Waals surface area contributed by atoms with Gasteiger partial charge in [0.25, 0.3) is 5.91 Å². The number of benzene rings is 2. The van der Waals surface area contributed by atoms with Crippen molar-refractivity contribution in [2.45, 2.75) is 55.9 Å². The van der Waals surface area contributed by atoms with Crippen molar-refractivity contribution >= 4 is 58.5 Å². The average molecular weight is 814 g/mol. The summed E-state index contributed by atoms with van der Waals surface area (Å²) in [5.74, 6) is -2.33. The van der Waals surface area contributed by atoms with Gasteiger partial charge in [-0.25, -0.2) is 5.09 Å². The molecule has 3 aromatic rings. The molecule has 1 aliphatic carbocycles. The van der Waals surface area contributed by atoms with Crippen molar-refractivity contribution in [2.75, 3.05) is 45.9 Å². The molecule has 5 heterocycles. The topological polar surface area (TPSA) is 175 Å². The zero-order valence-electron chi connectivity index (χ0n) is 30.3. The number of thiophene rings is 1. The number of amides is 4. The lowest BCUT2D eigenvalue weighted by atomic mass is 9.96. The second-order valence-electron chi connectivity index (χ2n) is 15.2. The summed E-state index contributed by atoms with van der Waals surface area (Å²) in [6.45, 7) is 1.62. The molecule has 5 fully saturated rings. The first-order valence-electron chi connectivity index (χ1n) is 18.8. The number of aliphatic carboxylic acids is 1. The Hall–Kier alpha value is -4.44. The lowest BCUT2D eigenvalue weighted by Crippen LogP contribution is -2.62. The summed E-state index contributed by atoms with van der Waals surface area (Å²) in [6, 6.07) is 10.4. The van der Waals surface area contributed by atoms with Gasteiger partial charge in [-0.2, -0.15) is 8.78 Å². The van der Waals surface area contributed by atoms with Crippen LogP contribution in [0, 0.1) is 17.8 Å². The third-order valence-electron chi connectivity index (χ3n) is 11.6. The van der Waals surface area contributed by atoms with E-state index in [1.807, 2.05) is 5.09 Å². The molecule has 4 saturated heterocycles. The van der Waals surface area contributed by atoms with E-state index < -0.39 is 49.3 Å². The summed E-state index contributed by atoms with van der Waals surface area (Å²) >= 11 is 1.04. The standard InChI is InChI=1S/C38H42F2N5O9PS/c39-38(40,55(52,41-19-33(46)47)54-28-4-2-1-3-5-28)26-6-9-31-24(15-26)18-32(56-31)34(48)42-29-17-23-14-22(23)16-27-7-8-30(45(27)36(29)50)37(51)44-20-25(21-44)35(49)43-10-12-53-13-11-43/h1-6,9,15,18,22-23,25,27,29-30H,7-8,10-14,16-17,19-21H2,(H,41,52)(H,42,48)(H,46,47)/t22-,23+,27-,29+,30+,55?/m1/s1. The Morgan fingerprint density at radius 1 is 0.946 bits per heavy atom. The number of hydrogen-bond donors (Lipinski definition) is 3. The molecule has 4 aliphatic heterocycles. The Labute approximate surface area is 325 Å². The smallest absolute Gasteiger partial charge is 0.390 e. The number of nitrogens with zero attached hydrogens (tertiary/aromatic N) is 3. The van der Waals surface area contributed by atoms with Gasteiger partial charge < -0.3 is 34.4 Å². The lowest BCUT2D eigenvalue weighted by Gasteiger charge is -2.44. The fourth-order valence-corrected chi connectivity index (χ4v) is 11.0. The number of carboxylic acid groups (broad SMARTS) is 1. The molecule has 1 saturated carbocycles. The van der Waals surface area contributed by atoms with E-state index in [0.29, 0.717) is 69.3 Å². The minimum absolute atomic E-state index is 0.0162. The number of para-hydroxylation sites is 1. The van der Waals surface area contributed by atoms with E-state index in [2.05, 4.69) is 5.32 Å². The van der Waals surface area contributed by atoms with Gasteiger partial charge in [0.05, 0.1) is 24.0 Å². The third kappa shape index (κ3) is 7.41. The van der Waals surface area contributed by atoms with Crippen LogP contribution < -0.4 is 14.9 Å². The Bertz CT molecular complexity index is 2090. The molecule has 298 valence electrons. The van der Waals surface area contributed by atoms with Crippen LogP contribution in [0.3, 0.4) is 0 Å². The van der Waals surface area contributed by atoms with Crippen molar-refractivity contribution in [1.82, 2.24) is 25.1 Å². The summed E-state index contributed by atoms with van der Waals surface area (Å²) in [7, 11) is -5.22. The molecule has 4 amide bonds. The van der Waals surface area contributed by atoms with Crippen LogP contribution in [0.1, 0.15) is 47.3 Å². The maximum absolute atomic E-state index is 16.1. The molecular weight excluding hydrogens is 771 g/mol. The quantitative estimate of drug-likeness (QED) is 0.239. The molecule has 1 unspecified atom stereocenters. The van der Waals surface area contributed by atoms with E-state index in [1.54, 1.807) is 20.8 Å². The van der Waals surface area contributed by atoms with Crippen LogP contribution in [0.4, 0.5) is 8.78 Å². The molecule has 6 atom stereocenters. The Balaban J connectivity index is 0.971. The number of likely N-dealkylation sites (tertiary alicyclic amines) is 1. The van der Waals surface area contributed by atoms with Crippen molar-refractivity contribution in [3.05, 3.63) is 65.0 Å². The molecule has 5 aliphatic rings. The number of halogens is 2. The maximum Gasteiger partial charge on any atom is 0.390 e. The number of alkyl halides is 2. The first-order chi connectivity index (χ1) is 26.8. The van der Waals surface area contributed by atoms with Crippen molar-refractivity contribution in [3.63, 3.8) is 0 Å². The van der Waals surface area contributed by atoms with Crippen molar-refractivity contribution in [1.29, 1.82) is 0 Å². The molecule has 8 rings (SSSR count). The van der Waals surface area contributed by atoms with Gasteiger partial charge in [-0.3, -0.25) is 28.5 Å². The number of rotatable bonds is 11. The monoisotopic (exact) mass is 813 g/mol. The number of fused-ring (bicyclic) bond motifs is 3. The summed E-state index contributed by atoms with van der Waals surface area (Å²) in [5.41, 5.74) is -4.89. The second kappa shape index (κ2) is 15.1. The van der Waals surface area contributed by atoms with E-state index in [0.717, 1.165) is 36.3 Å². The summed E-state index contributed by atoms with van der Waals surface area (Å²) in [4.78, 5) is 71.4. The van der Waals surface area contributed by atoms with Crippen LogP contribution >= 0.6 is 18.9 Å². The number of hydrogen-bond acceptors (Lipinski definition) is 9. The summed E-state index contributed by atoms with van der Waals surface area (Å²) < 4.78 is 57.0. The number of carbonyl (C=O) groups excluding carboxylic acids is 4. The van der Waals surface area contributed by atoms with Gasteiger partial charge >= 0.3 is 19.2 Å². The molecule has 1 aromatic heterocycles. The van der Waals surface area contributed by atoms with E-state index in [4.69, 9.17) is 14.4 Å². The SMILES string of the molecule is O=C(O)CNP(=O)(Oc1ccccc1)C(F)(F)c1ccc2sc(C(=O)N[C@H]3C[C@@H]4C[C@@H]4C[C@H]4CC[C@@H](C(=O)N5CC(C(=O)N6CCOCC6)C5)N4C3=O)cc2c1. The molecule has 0 bridgehead atoms. The second-order valence-corrected chi connectivity index (χ2v) is 18.5. The van der Waals surface area contributed by atoms with Gasteiger partial charge in [0.15, 0.2) is 0 Å². The molecular formula is C38H42F2N5O9PS. The maximum atomic E-state index is 16.1. The van der Waals surface area contributed by atoms with Gasteiger partial charge in [0.2, 0.25) is 17.7 Å². The number of nitrogens with one attached hydrogen (secondary N) is 2. The fourth-order valence-electron chi connectivity index (χ4n) is 8.43. The highest BCUT2D eigenvalue weighted by Gasteiger charge is 2.56. The summed E-state index contributed by atoms with van der Waals surface area (Å²) in [6.07, 6.45) is 3.33. The molecule has 14 nitrogen and oxygen atoms in total. The first-order valence-corrected chi connectivity index (χ1v) is 21.3. The molecule has 0 spiro atoms. The van der Waals surface area contributed by atoms with Crippen LogP contribution in [-0.4, -0.2) is 113 Å². The molecule has 2 aromatic carbocycles. The number of morpholine rings is 1. The third-order valence-corrected chi connectivity index (χ3v) is 14.7. The number of carbonyl (C=O) groups is 5. The van der Waals surface area contributed by atoms with E-state index in [1.165, 1.54) is 36.4 Å². The van der Waals surface area contributed by atoms with E-state index in [-0.39, 0.29) is 51.6 Å². The van der Waals surface area contributed by atoms with Crippen LogP contribution in [0.2, 0.25) is 0 Å². The first kappa shape index (κ1) is 38.4. The Morgan fingerprint density at radius 3 is 2.41 bits per heavy atom. The average Bonchev–Trinajstić information content (AvgIpc) is 3.52. The zero-order valence-corrected chi connectivity index (χ0v) is 32.0.